The summed E-state index contributed by atoms with van der Waals surface area (Å²) in [5.41, 5.74) is 4.15. The lowest BCUT2D eigenvalue weighted by Gasteiger charge is -2.06. The predicted molar refractivity (Wildman–Crippen MR) is 64.7 cm³/mol. The standard InChI is InChI=1S/C12H9BClNO/c13-4-7-1-2-8-9-5-16-6-10(9)12(14)15-11(8)3-7/h1-3H,4-6H2. The van der Waals surface area contributed by atoms with Crippen molar-refractivity contribution in [3.8, 4) is 0 Å². The van der Waals surface area contributed by atoms with Crippen molar-refractivity contribution < 1.29 is 4.74 Å². The van der Waals surface area contributed by atoms with E-state index in [1.54, 1.807) is 0 Å². The van der Waals surface area contributed by atoms with E-state index in [9.17, 15) is 0 Å². The quantitative estimate of drug-likeness (QED) is 0.554. The molecule has 1 aliphatic heterocycles. The zero-order valence-electron chi connectivity index (χ0n) is 8.66. The Morgan fingerprint density at radius 1 is 1.31 bits per heavy atom. The molecule has 0 saturated carbocycles. The Morgan fingerprint density at radius 2 is 2.12 bits per heavy atom. The summed E-state index contributed by atoms with van der Waals surface area (Å²) in [6, 6.07) is 6.06. The van der Waals surface area contributed by atoms with Gasteiger partial charge in [0.05, 0.1) is 26.6 Å². The molecular weight excluding hydrogens is 220 g/mol. The van der Waals surface area contributed by atoms with Crippen LogP contribution >= 0.6 is 11.6 Å². The second-order valence-electron chi connectivity index (χ2n) is 3.91. The Balaban J connectivity index is 2.33. The van der Waals surface area contributed by atoms with Crippen LogP contribution in [0.2, 0.25) is 5.15 Å². The van der Waals surface area contributed by atoms with Crippen LogP contribution in [0.25, 0.3) is 10.9 Å². The molecule has 78 valence electrons. The molecule has 1 aromatic carbocycles. The highest BCUT2D eigenvalue weighted by molar-refractivity contribution is 6.30. The summed E-state index contributed by atoms with van der Waals surface area (Å²) in [4.78, 5) is 4.39. The molecule has 0 unspecified atom stereocenters. The van der Waals surface area contributed by atoms with Gasteiger partial charge in [0, 0.05) is 10.9 Å². The number of aromatic nitrogens is 1. The Bertz CT molecular complexity index is 570. The van der Waals surface area contributed by atoms with Gasteiger partial charge in [-0.15, -0.1) is 0 Å². The summed E-state index contributed by atoms with van der Waals surface area (Å²) in [5.74, 6) is 0. The fourth-order valence-corrected chi connectivity index (χ4v) is 2.34. The van der Waals surface area contributed by atoms with E-state index >= 15 is 0 Å². The first-order chi connectivity index (χ1) is 7.79. The lowest BCUT2D eigenvalue weighted by Crippen LogP contribution is -1.93. The molecule has 2 heterocycles. The van der Waals surface area contributed by atoms with Crippen LogP contribution in [0.3, 0.4) is 0 Å². The number of pyridine rings is 1. The van der Waals surface area contributed by atoms with Gasteiger partial charge in [0.1, 0.15) is 5.15 Å². The van der Waals surface area contributed by atoms with Crippen LogP contribution < -0.4 is 0 Å². The van der Waals surface area contributed by atoms with Gasteiger partial charge in [-0.3, -0.25) is 0 Å². The number of rotatable bonds is 1. The number of hydrogen-bond acceptors (Lipinski definition) is 2. The van der Waals surface area contributed by atoms with Crippen molar-refractivity contribution in [2.45, 2.75) is 19.5 Å². The first kappa shape index (κ1) is 10.1. The summed E-state index contributed by atoms with van der Waals surface area (Å²) < 4.78 is 5.41. The monoisotopic (exact) mass is 229 g/mol. The van der Waals surface area contributed by atoms with E-state index in [1.165, 1.54) is 5.56 Å². The third-order valence-corrected chi connectivity index (χ3v) is 3.26. The van der Waals surface area contributed by atoms with E-state index in [4.69, 9.17) is 24.2 Å². The SMILES string of the molecule is [B]Cc1ccc2c3c(c(Cl)nc2c1)COC3. The molecule has 3 rings (SSSR count). The Morgan fingerprint density at radius 3 is 2.94 bits per heavy atom. The Labute approximate surface area is 100.0 Å². The van der Waals surface area contributed by atoms with Crippen LogP contribution in [-0.4, -0.2) is 12.8 Å². The largest absolute Gasteiger partial charge is 0.372 e. The van der Waals surface area contributed by atoms with Crippen LogP contribution in [0.4, 0.5) is 0 Å². The zero-order chi connectivity index (χ0) is 11.1. The van der Waals surface area contributed by atoms with Gasteiger partial charge in [0.15, 0.2) is 0 Å². The van der Waals surface area contributed by atoms with Gasteiger partial charge in [-0.25, -0.2) is 4.98 Å². The fraction of sp³-hybridized carbons (Fsp3) is 0.250. The van der Waals surface area contributed by atoms with Gasteiger partial charge in [0.25, 0.3) is 0 Å². The summed E-state index contributed by atoms with van der Waals surface area (Å²) in [7, 11) is 5.61. The highest BCUT2D eigenvalue weighted by atomic mass is 35.5. The smallest absolute Gasteiger partial charge is 0.135 e. The maximum Gasteiger partial charge on any atom is 0.135 e. The van der Waals surface area contributed by atoms with E-state index in [0.717, 1.165) is 22.0 Å². The minimum absolute atomic E-state index is 0.517. The lowest BCUT2D eigenvalue weighted by atomic mass is 9.95. The van der Waals surface area contributed by atoms with Gasteiger partial charge in [-0.1, -0.05) is 35.6 Å². The third-order valence-electron chi connectivity index (χ3n) is 2.95. The first-order valence-electron chi connectivity index (χ1n) is 5.17. The average molecular weight is 229 g/mol. The first-order valence-corrected chi connectivity index (χ1v) is 5.55. The van der Waals surface area contributed by atoms with Crippen molar-refractivity contribution in [2.24, 2.45) is 0 Å². The molecule has 1 aromatic heterocycles. The summed E-state index contributed by atoms with van der Waals surface area (Å²) in [6.07, 6.45) is 0.517. The lowest BCUT2D eigenvalue weighted by molar-refractivity contribution is 0.135. The van der Waals surface area contributed by atoms with Crippen LogP contribution in [0.1, 0.15) is 16.7 Å². The van der Waals surface area contributed by atoms with Gasteiger partial charge >= 0.3 is 0 Å². The third kappa shape index (κ3) is 1.43. The average Bonchev–Trinajstić information content (AvgIpc) is 2.78. The zero-order valence-corrected chi connectivity index (χ0v) is 9.42. The van der Waals surface area contributed by atoms with Crippen molar-refractivity contribution in [1.29, 1.82) is 0 Å². The second kappa shape index (κ2) is 3.76. The van der Waals surface area contributed by atoms with E-state index in [-0.39, 0.29) is 0 Å². The van der Waals surface area contributed by atoms with Gasteiger partial charge < -0.3 is 4.74 Å². The second-order valence-corrected chi connectivity index (χ2v) is 4.27. The van der Waals surface area contributed by atoms with Crippen molar-refractivity contribution in [1.82, 2.24) is 4.98 Å². The molecular formula is C12H9BClNO. The molecule has 4 heteroatoms. The van der Waals surface area contributed by atoms with Crippen molar-refractivity contribution in [3.05, 3.63) is 40.0 Å². The Hall–Kier alpha value is -1.06. The summed E-state index contributed by atoms with van der Waals surface area (Å²) >= 11 is 6.12. The number of ether oxygens (including phenoxy) is 1. The molecule has 0 bridgehead atoms. The number of benzene rings is 1. The van der Waals surface area contributed by atoms with Crippen LogP contribution in [0.15, 0.2) is 18.2 Å². The topological polar surface area (TPSA) is 22.1 Å². The van der Waals surface area contributed by atoms with Crippen LogP contribution in [-0.2, 0) is 24.3 Å². The molecule has 0 amide bonds. The van der Waals surface area contributed by atoms with E-state index in [1.807, 2.05) is 18.2 Å². The molecule has 1 aliphatic rings. The van der Waals surface area contributed by atoms with Gasteiger partial charge in [-0.05, 0) is 11.6 Å². The molecule has 0 N–H and O–H groups in total. The molecule has 0 fully saturated rings. The molecule has 2 nitrogen and oxygen atoms in total. The maximum atomic E-state index is 6.12. The number of hydrogen-bond donors (Lipinski definition) is 0. The van der Waals surface area contributed by atoms with E-state index in [0.29, 0.717) is 24.7 Å². The van der Waals surface area contributed by atoms with Crippen LogP contribution in [0.5, 0.6) is 0 Å². The summed E-state index contributed by atoms with van der Waals surface area (Å²) in [5, 5.41) is 1.67. The number of fused-ring (bicyclic) bond motifs is 3. The van der Waals surface area contributed by atoms with Crippen molar-refractivity contribution in [2.75, 3.05) is 0 Å². The van der Waals surface area contributed by atoms with Crippen LogP contribution in [0, 0.1) is 0 Å². The molecule has 0 atom stereocenters. The normalized spacial score (nSPS) is 14.3. The van der Waals surface area contributed by atoms with Crippen molar-refractivity contribution >= 4 is 30.4 Å². The minimum atomic E-state index is 0.517. The molecule has 0 spiro atoms. The highest BCUT2D eigenvalue weighted by Gasteiger charge is 2.19. The predicted octanol–water partition coefficient (Wildman–Crippen LogP) is 2.59. The van der Waals surface area contributed by atoms with Gasteiger partial charge in [-0.2, -0.15) is 0 Å². The molecule has 16 heavy (non-hydrogen) atoms. The van der Waals surface area contributed by atoms with E-state index in [2.05, 4.69) is 4.98 Å². The van der Waals surface area contributed by atoms with Crippen molar-refractivity contribution in [3.63, 3.8) is 0 Å². The van der Waals surface area contributed by atoms with Gasteiger partial charge in [0.2, 0.25) is 0 Å². The fourth-order valence-electron chi connectivity index (χ4n) is 2.08. The highest BCUT2D eigenvalue weighted by Crippen LogP contribution is 2.32. The minimum Gasteiger partial charge on any atom is -0.372 e. The molecule has 0 aliphatic carbocycles. The molecule has 0 saturated heterocycles. The number of nitrogens with zero attached hydrogens (tertiary/aromatic N) is 1. The summed E-state index contributed by atoms with van der Waals surface area (Å²) in [6.45, 7) is 1.19. The Kier molecular flexibility index (Phi) is 2.38. The number of halogens is 1. The van der Waals surface area contributed by atoms with E-state index < -0.39 is 0 Å². The molecule has 2 radical (unpaired) electrons. The molecule has 2 aromatic rings. The maximum absolute atomic E-state index is 6.12.